The SMILES string of the molecule is CC(C)n1nccc1NC(=O)c1ccc(C(N)=S)cn1. The molecule has 0 spiro atoms. The maximum Gasteiger partial charge on any atom is 0.275 e. The quantitative estimate of drug-likeness (QED) is 0.837. The molecule has 0 aliphatic heterocycles. The summed E-state index contributed by atoms with van der Waals surface area (Å²) in [6.07, 6.45) is 3.12. The normalized spacial score (nSPS) is 10.6. The Balaban J connectivity index is 2.15. The Morgan fingerprint density at radius 3 is 2.70 bits per heavy atom. The van der Waals surface area contributed by atoms with Gasteiger partial charge in [0, 0.05) is 23.9 Å². The van der Waals surface area contributed by atoms with E-state index in [-0.39, 0.29) is 16.9 Å². The number of amides is 1. The lowest BCUT2D eigenvalue weighted by atomic mass is 10.2. The molecule has 0 aromatic carbocycles. The van der Waals surface area contributed by atoms with E-state index in [4.69, 9.17) is 18.0 Å². The molecule has 0 fully saturated rings. The molecule has 0 saturated heterocycles. The Morgan fingerprint density at radius 1 is 1.40 bits per heavy atom. The Morgan fingerprint density at radius 2 is 2.15 bits per heavy atom. The lowest BCUT2D eigenvalue weighted by molar-refractivity contribution is 0.102. The van der Waals surface area contributed by atoms with E-state index in [0.717, 1.165) is 0 Å². The molecule has 0 unspecified atom stereocenters. The number of pyridine rings is 1. The number of carbonyl (C=O) groups is 1. The van der Waals surface area contributed by atoms with Gasteiger partial charge in [0.05, 0.1) is 6.20 Å². The summed E-state index contributed by atoms with van der Waals surface area (Å²) in [6.45, 7) is 3.97. The van der Waals surface area contributed by atoms with Gasteiger partial charge in [-0.2, -0.15) is 5.10 Å². The Labute approximate surface area is 122 Å². The van der Waals surface area contributed by atoms with Crippen LogP contribution in [0, 0.1) is 0 Å². The van der Waals surface area contributed by atoms with Crippen molar-refractivity contribution in [2.45, 2.75) is 19.9 Å². The van der Waals surface area contributed by atoms with Crippen molar-refractivity contribution in [1.29, 1.82) is 0 Å². The molecule has 0 bridgehead atoms. The van der Waals surface area contributed by atoms with Crippen molar-refractivity contribution >= 4 is 28.9 Å². The van der Waals surface area contributed by atoms with E-state index in [1.54, 1.807) is 29.1 Å². The van der Waals surface area contributed by atoms with Gasteiger partial charge in [-0.25, -0.2) is 4.68 Å². The van der Waals surface area contributed by atoms with E-state index in [2.05, 4.69) is 15.4 Å². The second kappa shape index (κ2) is 5.79. The minimum Gasteiger partial charge on any atom is -0.389 e. The molecule has 2 aromatic heterocycles. The molecular formula is C13H15N5OS. The molecule has 20 heavy (non-hydrogen) atoms. The van der Waals surface area contributed by atoms with E-state index < -0.39 is 0 Å². The molecule has 3 N–H and O–H groups in total. The molecule has 0 saturated carbocycles. The number of nitrogens with zero attached hydrogens (tertiary/aromatic N) is 3. The number of nitrogens with two attached hydrogens (primary N) is 1. The summed E-state index contributed by atoms with van der Waals surface area (Å²) in [4.78, 5) is 16.4. The zero-order valence-electron chi connectivity index (χ0n) is 11.2. The van der Waals surface area contributed by atoms with Gasteiger partial charge in [-0.3, -0.25) is 9.78 Å². The van der Waals surface area contributed by atoms with Crippen LogP contribution in [0.5, 0.6) is 0 Å². The predicted octanol–water partition coefficient (Wildman–Crippen LogP) is 1.75. The standard InChI is InChI=1S/C13H15N5OS/c1-8(2)18-11(5-6-16-18)17-13(19)10-4-3-9(7-15-10)12(14)20/h3-8H,1-2H3,(H2,14,20)(H,17,19). The molecular weight excluding hydrogens is 274 g/mol. The fourth-order valence-corrected chi connectivity index (χ4v) is 1.80. The number of carbonyl (C=O) groups excluding carboxylic acids is 1. The van der Waals surface area contributed by atoms with Crippen molar-refractivity contribution in [1.82, 2.24) is 14.8 Å². The number of hydrogen-bond acceptors (Lipinski definition) is 4. The molecule has 2 rings (SSSR count). The van der Waals surface area contributed by atoms with Gasteiger partial charge in [0.1, 0.15) is 16.5 Å². The third kappa shape index (κ3) is 3.00. The Bertz CT molecular complexity index is 632. The second-order valence-corrected chi connectivity index (χ2v) is 4.95. The van der Waals surface area contributed by atoms with Crippen molar-refractivity contribution in [3.8, 4) is 0 Å². The summed E-state index contributed by atoms with van der Waals surface area (Å²) >= 11 is 4.84. The number of anilines is 1. The highest BCUT2D eigenvalue weighted by Gasteiger charge is 2.12. The first kappa shape index (κ1) is 14.1. The van der Waals surface area contributed by atoms with Crippen LogP contribution in [0.3, 0.4) is 0 Å². The first-order valence-corrected chi connectivity index (χ1v) is 6.50. The summed E-state index contributed by atoms with van der Waals surface area (Å²) in [5.74, 6) is 0.326. The lowest BCUT2D eigenvalue weighted by Crippen LogP contribution is -2.18. The van der Waals surface area contributed by atoms with Gasteiger partial charge in [-0.1, -0.05) is 12.2 Å². The summed E-state index contributed by atoms with van der Waals surface area (Å²) < 4.78 is 1.72. The van der Waals surface area contributed by atoms with Gasteiger partial charge in [-0.05, 0) is 26.0 Å². The van der Waals surface area contributed by atoms with Crippen LogP contribution in [0.1, 0.15) is 35.9 Å². The zero-order chi connectivity index (χ0) is 14.7. The molecule has 0 aliphatic rings. The highest BCUT2D eigenvalue weighted by Crippen LogP contribution is 2.14. The molecule has 2 heterocycles. The molecule has 1 amide bonds. The van der Waals surface area contributed by atoms with Crippen LogP contribution in [0.15, 0.2) is 30.6 Å². The molecule has 2 aromatic rings. The Hall–Kier alpha value is -2.28. The van der Waals surface area contributed by atoms with Crippen LogP contribution in [0.2, 0.25) is 0 Å². The second-order valence-electron chi connectivity index (χ2n) is 4.51. The highest BCUT2D eigenvalue weighted by atomic mass is 32.1. The number of hydrogen-bond donors (Lipinski definition) is 2. The van der Waals surface area contributed by atoms with Crippen molar-refractivity contribution in [2.75, 3.05) is 5.32 Å². The van der Waals surface area contributed by atoms with Crippen molar-refractivity contribution in [3.63, 3.8) is 0 Å². The smallest absolute Gasteiger partial charge is 0.275 e. The molecule has 7 heteroatoms. The first-order chi connectivity index (χ1) is 9.49. The minimum absolute atomic E-state index is 0.158. The third-order valence-electron chi connectivity index (χ3n) is 2.68. The van der Waals surface area contributed by atoms with E-state index in [1.165, 1.54) is 6.20 Å². The van der Waals surface area contributed by atoms with Crippen LogP contribution in [0.25, 0.3) is 0 Å². The van der Waals surface area contributed by atoms with Crippen molar-refractivity contribution in [3.05, 3.63) is 41.9 Å². The number of thiocarbonyl (C=S) groups is 1. The van der Waals surface area contributed by atoms with Crippen LogP contribution in [-0.2, 0) is 0 Å². The fraction of sp³-hybridized carbons (Fsp3) is 0.231. The summed E-state index contributed by atoms with van der Waals surface area (Å²) in [6, 6.07) is 5.15. The highest BCUT2D eigenvalue weighted by molar-refractivity contribution is 7.80. The van der Waals surface area contributed by atoms with Gasteiger partial charge >= 0.3 is 0 Å². The maximum atomic E-state index is 12.1. The van der Waals surface area contributed by atoms with Crippen molar-refractivity contribution in [2.24, 2.45) is 5.73 Å². The van der Waals surface area contributed by atoms with E-state index in [1.807, 2.05) is 13.8 Å². The van der Waals surface area contributed by atoms with Crippen LogP contribution in [0.4, 0.5) is 5.82 Å². The van der Waals surface area contributed by atoms with Gasteiger partial charge < -0.3 is 11.1 Å². The topological polar surface area (TPSA) is 85.8 Å². The average Bonchev–Trinajstić information content (AvgIpc) is 2.87. The predicted molar refractivity (Wildman–Crippen MR) is 80.7 cm³/mol. The molecule has 0 radical (unpaired) electrons. The van der Waals surface area contributed by atoms with Gasteiger partial charge in [0.15, 0.2) is 0 Å². The molecule has 104 valence electrons. The molecule has 0 atom stereocenters. The van der Waals surface area contributed by atoms with E-state index in [9.17, 15) is 4.79 Å². The van der Waals surface area contributed by atoms with Crippen LogP contribution in [-0.4, -0.2) is 25.7 Å². The lowest BCUT2D eigenvalue weighted by Gasteiger charge is -2.11. The average molecular weight is 289 g/mol. The van der Waals surface area contributed by atoms with Gasteiger partial charge in [0.2, 0.25) is 0 Å². The van der Waals surface area contributed by atoms with E-state index >= 15 is 0 Å². The molecule has 6 nitrogen and oxygen atoms in total. The van der Waals surface area contributed by atoms with E-state index in [0.29, 0.717) is 17.1 Å². The summed E-state index contributed by atoms with van der Waals surface area (Å²) in [5.41, 5.74) is 6.40. The first-order valence-electron chi connectivity index (χ1n) is 6.09. The summed E-state index contributed by atoms with van der Waals surface area (Å²) in [5, 5.41) is 6.92. The number of aromatic nitrogens is 3. The summed E-state index contributed by atoms with van der Waals surface area (Å²) in [7, 11) is 0. The number of rotatable bonds is 4. The number of nitrogens with one attached hydrogen (secondary N) is 1. The monoisotopic (exact) mass is 289 g/mol. The van der Waals surface area contributed by atoms with Crippen molar-refractivity contribution < 1.29 is 4.79 Å². The largest absolute Gasteiger partial charge is 0.389 e. The van der Waals surface area contributed by atoms with Gasteiger partial charge in [0.25, 0.3) is 5.91 Å². The van der Waals surface area contributed by atoms with Crippen LogP contribution >= 0.6 is 12.2 Å². The third-order valence-corrected chi connectivity index (χ3v) is 2.92. The minimum atomic E-state index is -0.304. The van der Waals surface area contributed by atoms with Gasteiger partial charge in [-0.15, -0.1) is 0 Å². The Kier molecular flexibility index (Phi) is 4.09. The molecule has 0 aliphatic carbocycles. The van der Waals surface area contributed by atoms with Crippen LogP contribution < -0.4 is 11.1 Å². The zero-order valence-corrected chi connectivity index (χ0v) is 12.0. The fourth-order valence-electron chi connectivity index (χ4n) is 1.68. The maximum absolute atomic E-state index is 12.1.